The molecule has 0 bridgehead atoms. The zero-order valence-corrected chi connectivity index (χ0v) is 13.9. The molecule has 0 radical (unpaired) electrons. The van der Waals surface area contributed by atoms with E-state index in [1.807, 2.05) is 19.9 Å². The van der Waals surface area contributed by atoms with Crippen LogP contribution in [0, 0.1) is 21.4 Å². The topological polar surface area (TPSA) is 91.7 Å². The maximum atomic E-state index is 12.4. The number of fused-ring (bicyclic) bond motifs is 1. The number of amides is 1. The van der Waals surface area contributed by atoms with Crippen molar-refractivity contribution in [2.75, 3.05) is 19.3 Å². The van der Waals surface area contributed by atoms with E-state index < -0.39 is 4.92 Å². The molecule has 0 N–H and O–H groups in total. The molecule has 2 aromatic heterocycles. The van der Waals surface area contributed by atoms with Gasteiger partial charge in [-0.1, -0.05) is 0 Å². The van der Waals surface area contributed by atoms with E-state index in [0.717, 1.165) is 11.8 Å². The molecule has 7 nitrogen and oxygen atoms in total. The van der Waals surface area contributed by atoms with Crippen molar-refractivity contribution in [1.82, 2.24) is 9.30 Å². The van der Waals surface area contributed by atoms with Gasteiger partial charge in [0, 0.05) is 19.3 Å². The molecule has 0 atom stereocenters. The van der Waals surface area contributed by atoms with Crippen molar-refractivity contribution in [3.63, 3.8) is 0 Å². The molecule has 1 amide bonds. The normalized spacial score (nSPS) is 10.5. The summed E-state index contributed by atoms with van der Waals surface area (Å²) in [5.74, 6) is -0.164. The average Bonchev–Trinajstić information content (AvgIpc) is 2.88. The summed E-state index contributed by atoms with van der Waals surface area (Å²) in [4.78, 5) is 25.2. The first-order valence-electron chi connectivity index (χ1n) is 7.05. The molecule has 0 aliphatic rings. The number of hydrogen-bond acceptors (Lipinski definition) is 5. The second-order valence-electron chi connectivity index (χ2n) is 4.75. The van der Waals surface area contributed by atoms with E-state index in [0.29, 0.717) is 29.1 Å². The smallest absolute Gasteiger partial charge is 0.309 e. The van der Waals surface area contributed by atoms with E-state index in [-0.39, 0.29) is 17.3 Å². The highest BCUT2D eigenvalue weighted by Gasteiger charge is 2.27. The van der Waals surface area contributed by atoms with Crippen LogP contribution in [-0.2, 0) is 0 Å². The van der Waals surface area contributed by atoms with Crippen molar-refractivity contribution >= 4 is 28.9 Å². The minimum Gasteiger partial charge on any atom is -0.339 e. The van der Waals surface area contributed by atoms with E-state index in [2.05, 4.69) is 0 Å². The van der Waals surface area contributed by atoms with Crippen LogP contribution in [0.2, 0.25) is 0 Å². The molecule has 0 aromatic carbocycles. The van der Waals surface area contributed by atoms with E-state index in [4.69, 9.17) is 0 Å². The van der Waals surface area contributed by atoms with Crippen molar-refractivity contribution < 1.29 is 9.72 Å². The number of pyridine rings is 1. The van der Waals surface area contributed by atoms with Crippen molar-refractivity contribution in [2.24, 2.45) is 0 Å². The van der Waals surface area contributed by atoms with Gasteiger partial charge in [0.1, 0.15) is 22.2 Å². The Morgan fingerprint density at radius 3 is 2.57 bits per heavy atom. The number of thioether (sulfide) groups is 1. The summed E-state index contributed by atoms with van der Waals surface area (Å²) in [6.45, 7) is 4.90. The summed E-state index contributed by atoms with van der Waals surface area (Å²) in [5.41, 5.74) is 0.784. The summed E-state index contributed by atoms with van der Waals surface area (Å²) < 4.78 is 1.43. The van der Waals surface area contributed by atoms with Gasteiger partial charge in [-0.3, -0.25) is 14.9 Å². The molecule has 0 spiro atoms. The fraction of sp³-hybridized carbons (Fsp3) is 0.333. The van der Waals surface area contributed by atoms with E-state index >= 15 is 0 Å². The molecule has 0 saturated carbocycles. The van der Waals surface area contributed by atoms with Gasteiger partial charge in [0.25, 0.3) is 5.91 Å². The molecular formula is C15H16N4O3S. The number of carbonyl (C=O) groups is 1. The Labute approximate surface area is 137 Å². The van der Waals surface area contributed by atoms with Gasteiger partial charge in [-0.15, -0.1) is 11.8 Å². The van der Waals surface area contributed by atoms with Gasteiger partial charge in [0.2, 0.25) is 0 Å². The number of rotatable bonds is 5. The van der Waals surface area contributed by atoms with Crippen LogP contribution in [0.4, 0.5) is 5.69 Å². The quantitative estimate of drug-likeness (QED) is 0.477. The van der Waals surface area contributed by atoms with Crippen molar-refractivity contribution in [3.8, 4) is 6.07 Å². The lowest BCUT2D eigenvalue weighted by molar-refractivity contribution is -0.385. The molecule has 0 unspecified atom stereocenters. The molecule has 2 aromatic rings. The van der Waals surface area contributed by atoms with Gasteiger partial charge in [-0.25, -0.2) is 0 Å². The maximum absolute atomic E-state index is 12.4. The molecule has 23 heavy (non-hydrogen) atoms. The Kier molecular flexibility index (Phi) is 4.91. The van der Waals surface area contributed by atoms with Crippen LogP contribution in [0.5, 0.6) is 0 Å². The number of hydrogen-bond donors (Lipinski definition) is 0. The van der Waals surface area contributed by atoms with Gasteiger partial charge in [0.05, 0.1) is 10.5 Å². The standard InChI is InChI=1S/C15H16N4O3S/c1-4-17(5-2)15(20)10-6-7-11-13(19(21)22)14(23-3)12(8-16)18(11)9-10/h6-7,9H,4-5H2,1-3H3. The summed E-state index contributed by atoms with van der Waals surface area (Å²) >= 11 is 1.15. The van der Waals surface area contributed by atoms with Crippen LogP contribution < -0.4 is 0 Å². The molecule has 0 fully saturated rings. The van der Waals surface area contributed by atoms with Crippen LogP contribution in [0.25, 0.3) is 5.52 Å². The predicted molar refractivity (Wildman–Crippen MR) is 87.8 cm³/mol. The highest BCUT2D eigenvalue weighted by Crippen LogP contribution is 2.37. The van der Waals surface area contributed by atoms with Crippen LogP contribution in [0.1, 0.15) is 29.9 Å². The van der Waals surface area contributed by atoms with Crippen LogP contribution in [0.3, 0.4) is 0 Å². The Morgan fingerprint density at radius 1 is 1.43 bits per heavy atom. The van der Waals surface area contributed by atoms with Gasteiger partial charge < -0.3 is 9.30 Å². The molecule has 2 heterocycles. The summed E-state index contributed by atoms with van der Waals surface area (Å²) in [6.07, 6.45) is 3.19. The second kappa shape index (κ2) is 6.71. The average molecular weight is 332 g/mol. The molecule has 2 rings (SSSR count). The minimum atomic E-state index is -0.492. The Bertz CT molecular complexity index is 818. The summed E-state index contributed by atoms with van der Waals surface area (Å²) in [6, 6.07) is 5.09. The third-order valence-corrected chi connectivity index (χ3v) is 4.45. The van der Waals surface area contributed by atoms with Gasteiger partial charge in [0.15, 0.2) is 0 Å². The number of aromatic nitrogens is 1. The fourth-order valence-corrected chi connectivity index (χ4v) is 3.22. The lowest BCUT2D eigenvalue weighted by Gasteiger charge is -2.18. The van der Waals surface area contributed by atoms with Crippen molar-refractivity contribution in [3.05, 3.63) is 39.7 Å². The number of carbonyl (C=O) groups excluding carboxylic acids is 1. The maximum Gasteiger partial charge on any atom is 0.309 e. The second-order valence-corrected chi connectivity index (χ2v) is 5.57. The first-order valence-corrected chi connectivity index (χ1v) is 8.28. The first kappa shape index (κ1) is 16.8. The predicted octanol–water partition coefficient (Wildman–Crippen LogP) is 2.92. The third-order valence-electron chi connectivity index (χ3n) is 3.65. The Balaban J connectivity index is 2.72. The van der Waals surface area contributed by atoms with E-state index in [1.54, 1.807) is 17.2 Å². The van der Waals surface area contributed by atoms with E-state index in [1.165, 1.54) is 16.7 Å². The Morgan fingerprint density at radius 2 is 2.09 bits per heavy atom. The number of nitro groups is 1. The lowest BCUT2D eigenvalue weighted by atomic mass is 10.2. The SMILES string of the molecule is CCN(CC)C(=O)c1ccc2c([N+](=O)[O-])c(SC)c(C#N)n2c1. The van der Waals surface area contributed by atoms with Crippen LogP contribution in [0.15, 0.2) is 23.2 Å². The van der Waals surface area contributed by atoms with E-state index in [9.17, 15) is 20.2 Å². The zero-order valence-electron chi connectivity index (χ0n) is 13.1. The highest BCUT2D eigenvalue weighted by atomic mass is 32.2. The highest BCUT2D eigenvalue weighted by molar-refractivity contribution is 7.98. The number of nitriles is 1. The molecule has 0 saturated heterocycles. The Hall–Kier alpha value is -2.53. The molecule has 0 aliphatic heterocycles. The van der Waals surface area contributed by atoms with Crippen LogP contribution in [-0.4, -0.2) is 39.5 Å². The zero-order chi connectivity index (χ0) is 17.1. The summed E-state index contributed by atoms with van der Waals surface area (Å²) in [7, 11) is 0. The van der Waals surface area contributed by atoms with Gasteiger partial charge >= 0.3 is 5.69 Å². The molecular weight excluding hydrogens is 316 g/mol. The van der Waals surface area contributed by atoms with Crippen molar-refractivity contribution in [2.45, 2.75) is 18.7 Å². The van der Waals surface area contributed by atoms with Crippen molar-refractivity contribution in [1.29, 1.82) is 5.26 Å². The van der Waals surface area contributed by atoms with Gasteiger partial charge in [-0.2, -0.15) is 5.26 Å². The fourth-order valence-electron chi connectivity index (χ4n) is 2.51. The number of nitrogens with zero attached hydrogens (tertiary/aromatic N) is 4. The summed E-state index contributed by atoms with van der Waals surface area (Å²) in [5, 5.41) is 20.7. The third kappa shape index (κ3) is 2.75. The lowest BCUT2D eigenvalue weighted by Crippen LogP contribution is -2.30. The molecule has 8 heteroatoms. The molecule has 0 aliphatic carbocycles. The molecule has 120 valence electrons. The first-order chi connectivity index (χ1) is 11.0. The monoisotopic (exact) mass is 332 g/mol. The largest absolute Gasteiger partial charge is 0.339 e. The van der Waals surface area contributed by atoms with Crippen LogP contribution >= 0.6 is 11.8 Å². The van der Waals surface area contributed by atoms with Gasteiger partial charge in [-0.05, 0) is 32.2 Å². The minimum absolute atomic E-state index is 0.101.